The second kappa shape index (κ2) is 9.71. The number of hydrogen-bond acceptors (Lipinski definition) is 4. The summed E-state index contributed by atoms with van der Waals surface area (Å²) in [4.78, 5) is 41.3. The minimum absolute atomic E-state index is 0.185. The number of imide groups is 1. The zero-order chi connectivity index (χ0) is 21.7. The Bertz CT molecular complexity index is 783. The second-order valence-electron chi connectivity index (χ2n) is 9.05. The molecule has 1 aromatic carbocycles. The van der Waals surface area contributed by atoms with Gasteiger partial charge in [-0.15, -0.1) is 0 Å². The third-order valence-electron chi connectivity index (χ3n) is 7.03. The average Bonchev–Trinajstić information content (AvgIpc) is 3.03. The predicted molar refractivity (Wildman–Crippen MR) is 117 cm³/mol. The van der Waals surface area contributed by atoms with Crippen molar-refractivity contribution in [3.05, 3.63) is 30.3 Å². The zero-order valence-electron chi connectivity index (χ0n) is 18.2. The van der Waals surface area contributed by atoms with E-state index in [-0.39, 0.29) is 31.0 Å². The molecule has 7 nitrogen and oxygen atoms in total. The number of likely N-dealkylation sites (tertiary alicyclic amines) is 1. The van der Waals surface area contributed by atoms with Gasteiger partial charge in [-0.25, -0.2) is 4.79 Å². The summed E-state index contributed by atoms with van der Waals surface area (Å²) in [6.45, 7) is 1.50. The largest absolute Gasteiger partial charge is 0.492 e. The monoisotopic (exact) mass is 427 g/mol. The van der Waals surface area contributed by atoms with E-state index in [1.165, 1.54) is 37.0 Å². The number of rotatable bonds is 7. The van der Waals surface area contributed by atoms with Gasteiger partial charge in [-0.05, 0) is 37.3 Å². The summed E-state index contributed by atoms with van der Waals surface area (Å²) in [6, 6.07) is 8.98. The summed E-state index contributed by atoms with van der Waals surface area (Å²) in [7, 11) is 0. The van der Waals surface area contributed by atoms with Gasteiger partial charge in [-0.1, -0.05) is 50.3 Å². The van der Waals surface area contributed by atoms with Gasteiger partial charge in [0.05, 0.1) is 6.54 Å². The molecule has 0 radical (unpaired) electrons. The Balaban J connectivity index is 1.24. The highest BCUT2D eigenvalue weighted by Gasteiger charge is 2.52. The van der Waals surface area contributed by atoms with Crippen LogP contribution in [0.5, 0.6) is 5.75 Å². The van der Waals surface area contributed by atoms with Crippen molar-refractivity contribution in [1.29, 1.82) is 0 Å². The number of ether oxygens (including phenoxy) is 1. The molecule has 0 bridgehead atoms. The van der Waals surface area contributed by atoms with Gasteiger partial charge in [0.2, 0.25) is 5.91 Å². The van der Waals surface area contributed by atoms with Crippen molar-refractivity contribution in [2.24, 2.45) is 5.92 Å². The molecule has 2 aliphatic heterocycles. The first-order valence-electron chi connectivity index (χ1n) is 11.7. The van der Waals surface area contributed by atoms with Crippen LogP contribution in [0.25, 0.3) is 0 Å². The number of para-hydroxylation sites is 1. The molecule has 4 rings (SSSR count). The highest BCUT2D eigenvalue weighted by atomic mass is 16.5. The fourth-order valence-corrected chi connectivity index (χ4v) is 5.09. The first kappa shape index (κ1) is 21.7. The molecule has 1 saturated carbocycles. The molecular formula is C24H33N3O4. The maximum absolute atomic E-state index is 13.0. The highest BCUT2D eigenvalue weighted by Crippen LogP contribution is 2.31. The lowest BCUT2D eigenvalue weighted by Crippen LogP contribution is -2.56. The molecule has 2 heterocycles. The lowest BCUT2D eigenvalue weighted by atomic mass is 9.85. The van der Waals surface area contributed by atoms with Crippen LogP contribution in [0, 0.1) is 5.92 Å². The van der Waals surface area contributed by atoms with Gasteiger partial charge in [-0.2, -0.15) is 0 Å². The molecular weight excluding hydrogens is 394 g/mol. The van der Waals surface area contributed by atoms with Crippen molar-refractivity contribution in [3.8, 4) is 5.75 Å². The highest BCUT2D eigenvalue weighted by molar-refractivity contribution is 6.07. The van der Waals surface area contributed by atoms with E-state index in [0.717, 1.165) is 6.42 Å². The minimum Gasteiger partial charge on any atom is -0.492 e. The van der Waals surface area contributed by atoms with E-state index in [4.69, 9.17) is 4.74 Å². The molecule has 1 N–H and O–H groups in total. The molecule has 7 heteroatoms. The number of amides is 4. The van der Waals surface area contributed by atoms with Gasteiger partial charge in [-0.3, -0.25) is 14.5 Å². The van der Waals surface area contributed by atoms with E-state index >= 15 is 0 Å². The van der Waals surface area contributed by atoms with Gasteiger partial charge in [0.25, 0.3) is 5.91 Å². The molecule has 2 saturated heterocycles. The Morgan fingerprint density at radius 2 is 1.77 bits per heavy atom. The minimum atomic E-state index is -0.871. The number of carbonyl (C=O) groups is 3. The first-order chi connectivity index (χ1) is 15.1. The SMILES string of the molecule is O=C(CCC1CCCCC1)N1CCC2(CC1)NC(=O)N(CCOc1ccccc1)C2=O. The van der Waals surface area contributed by atoms with Crippen molar-refractivity contribution in [2.45, 2.75) is 63.3 Å². The Morgan fingerprint density at radius 1 is 1.06 bits per heavy atom. The van der Waals surface area contributed by atoms with Crippen molar-refractivity contribution in [2.75, 3.05) is 26.2 Å². The lowest BCUT2D eigenvalue weighted by Gasteiger charge is -2.37. The van der Waals surface area contributed by atoms with Crippen molar-refractivity contribution >= 4 is 17.8 Å². The van der Waals surface area contributed by atoms with Crippen LogP contribution >= 0.6 is 0 Å². The molecule has 4 amide bonds. The molecule has 1 aromatic rings. The normalized spacial score (nSPS) is 21.4. The van der Waals surface area contributed by atoms with Crippen molar-refractivity contribution in [3.63, 3.8) is 0 Å². The summed E-state index contributed by atoms with van der Waals surface area (Å²) in [5.41, 5.74) is -0.871. The first-order valence-corrected chi connectivity index (χ1v) is 11.7. The smallest absolute Gasteiger partial charge is 0.325 e. The van der Waals surface area contributed by atoms with E-state index in [1.807, 2.05) is 35.2 Å². The fraction of sp³-hybridized carbons (Fsp3) is 0.625. The Kier molecular flexibility index (Phi) is 6.78. The summed E-state index contributed by atoms with van der Waals surface area (Å²) in [5, 5.41) is 2.90. The van der Waals surface area contributed by atoms with Crippen LogP contribution in [0.4, 0.5) is 4.79 Å². The summed E-state index contributed by atoms with van der Waals surface area (Å²) in [6.07, 6.45) is 8.94. The van der Waals surface area contributed by atoms with Gasteiger partial charge in [0, 0.05) is 19.5 Å². The van der Waals surface area contributed by atoms with E-state index in [0.29, 0.717) is 44.0 Å². The number of urea groups is 1. The van der Waals surface area contributed by atoms with E-state index < -0.39 is 5.54 Å². The number of hydrogen-bond donors (Lipinski definition) is 1. The molecule has 3 aliphatic rings. The van der Waals surface area contributed by atoms with E-state index in [1.54, 1.807) is 0 Å². The van der Waals surface area contributed by atoms with Gasteiger partial charge < -0.3 is 15.0 Å². The van der Waals surface area contributed by atoms with E-state index in [9.17, 15) is 14.4 Å². The zero-order valence-corrected chi connectivity index (χ0v) is 18.2. The molecule has 0 atom stereocenters. The summed E-state index contributed by atoms with van der Waals surface area (Å²) in [5.74, 6) is 1.40. The lowest BCUT2D eigenvalue weighted by molar-refractivity contribution is -0.138. The number of benzene rings is 1. The van der Waals surface area contributed by atoms with Crippen LogP contribution in [0.15, 0.2) is 30.3 Å². The maximum atomic E-state index is 13.0. The van der Waals surface area contributed by atoms with E-state index in [2.05, 4.69) is 5.32 Å². The topological polar surface area (TPSA) is 79.0 Å². The number of nitrogens with zero attached hydrogens (tertiary/aromatic N) is 2. The number of piperidine rings is 1. The fourth-order valence-electron chi connectivity index (χ4n) is 5.09. The van der Waals surface area contributed by atoms with Gasteiger partial charge >= 0.3 is 6.03 Å². The Hall–Kier alpha value is -2.57. The van der Waals surface area contributed by atoms with Crippen LogP contribution < -0.4 is 10.1 Å². The maximum Gasteiger partial charge on any atom is 0.325 e. The number of nitrogens with one attached hydrogen (secondary N) is 1. The average molecular weight is 428 g/mol. The molecule has 3 fully saturated rings. The standard InChI is InChI=1S/C24H33N3O4/c28-21(12-11-19-7-3-1-4-8-19)26-15-13-24(14-16-26)22(29)27(23(30)25-24)17-18-31-20-9-5-2-6-10-20/h2,5-6,9-10,19H,1,3-4,7-8,11-18H2,(H,25,30). The van der Waals surface area contributed by atoms with Crippen LogP contribution in [-0.4, -0.2) is 59.4 Å². The van der Waals surface area contributed by atoms with Gasteiger partial charge in [0.1, 0.15) is 17.9 Å². The second-order valence-corrected chi connectivity index (χ2v) is 9.05. The summed E-state index contributed by atoms with van der Waals surface area (Å²) >= 11 is 0. The molecule has 0 aromatic heterocycles. The molecule has 31 heavy (non-hydrogen) atoms. The molecule has 1 spiro atoms. The van der Waals surface area contributed by atoms with Crippen LogP contribution in [0.3, 0.4) is 0 Å². The number of carbonyl (C=O) groups excluding carboxylic acids is 3. The third-order valence-corrected chi connectivity index (χ3v) is 7.03. The third kappa shape index (κ3) is 5.02. The molecule has 168 valence electrons. The van der Waals surface area contributed by atoms with Gasteiger partial charge in [0.15, 0.2) is 0 Å². The molecule has 1 aliphatic carbocycles. The summed E-state index contributed by atoms with van der Waals surface area (Å²) < 4.78 is 5.64. The molecule has 0 unspecified atom stereocenters. The predicted octanol–water partition coefficient (Wildman–Crippen LogP) is 3.34. The van der Waals surface area contributed by atoms with Crippen molar-refractivity contribution < 1.29 is 19.1 Å². The van der Waals surface area contributed by atoms with Crippen molar-refractivity contribution in [1.82, 2.24) is 15.1 Å². The Morgan fingerprint density at radius 3 is 2.48 bits per heavy atom. The van der Waals surface area contributed by atoms with Crippen LogP contribution in [0.1, 0.15) is 57.8 Å². The quantitative estimate of drug-likeness (QED) is 0.677. The Labute approximate surface area is 184 Å². The van der Waals surface area contributed by atoms with Crippen LogP contribution in [-0.2, 0) is 9.59 Å². The van der Waals surface area contributed by atoms with Crippen LogP contribution in [0.2, 0.25) is 0 Å².